The zero-order valence-corrected chi connectivity index (χ0v) is 14.7. The lowest BCUT2D eigenvalue weighted by molar-refractivity contribution is -0.142. The molecule has 2 fully saturated rings. The van der Waals surface area contributed by atoms with E-state index >= 15 is 0 Å². The molecule has 3 rings (SSSR count). The third-order valence-corrected chi connectivity index (χ3v) is 6.55. The van der Waals surface area contributed by atoms with E-state index in [0.717, 1.165) is 37.4 Å². The first-order valence-electron chi connectivity index (χ1n) is 7.70. The second-order valence-corrected chi connectivity index (χ2v) is 8.35. The quantitative estimate of drug-likeness (QED) is 0.638. The number of nitrogens with zero attached hydrogens (tertiary/aromatic N) is 3. The Balaban J connectivity index is 1.54. The van der Waals surface area contributed by atoms with Gasteiger partial charge in [-0.3, -0.25) is 4.79 Å². The maximum Gasteiger partial charge on any atom is 0.225 e. The molecule has 1 saturated carbocycles. The van der Waals surface area contributed by atoms with E-state index in [0.29, 0.717) is 17.9 Å². The van der Waals surface area contributed by atoms with Gasteiger partial charge in [-0.05, 0) is 26.7 Å². The van der Waals surface area contributed by atoms with Crippen molar-refractivity contribution in [1.29, 1.82) is 0 Å². The first-order valence-corrected chi connectivity index (χ1v) is 9.57. The van der Waals surface area contributed by atoms with E-state index in [1.807, 2.05) is 11.0 Å². The summed E-state index contributed by atoms with van der Waals surface area (Å²) in [5, 5.41) is 3.40. The molecule has 1 aliphatic carbocycles. The van der Waals surface area contributed by atoms with Gasteiger partial charge in [-0.25, -0.2) is 9.97 Å². The van der Waals surface area contributed by atoms with Gasteiger partial charge in [0.2, 0.25) is 5.91 Å². The lowest BCUT2D eigenvalue weighted by Gasteiger charge is -2.43. The average molecular weight is 339 g/mol. The van der Waals surface area contributed by atoms with Crippen LogP contribution in [0.1, 0.15) is 38.8 Å². The van der Waals surface area contributed by atoms with Crippen molar-refractivity contribution in [2.24, 2.45) is 5.92 Å². The number of hydrogen-bond acceptors (Lipinski definition) is 6. The van der Waals surface area contributed by atoms with E-state index in [1.54, 1.807) is 6.33 Å². The molecular formula is C15H22N4OS2. The summed E-state index contributed by atoms with van der Waals surface area (Å²) in [4.78, 5) is 22.7. The van der Waals surface area contributed by atoms with Gasteiger partial charge in [0.1, 0.15) is 12.1 Å². The fourth-order valence-corrected chi connectivity index (χ4v) is 3.17. The van der Waals surface area contributed by atoms with E-state index < -0.39 is 0 Å². The summed E-state index contributed by atoms with van der Waals surface area (Å²) < 4.78 is -0.158. The summed E-state index contributed by atoms with van der Waals surface area (Å²) >= 11 is 4.31. The Hall–Kier alpha value is -0.950. The van der Waals surface area contributed by atoms with Crippen LogP contribution in [0, 0.1) is 5.92 Å². The van der Waals surface area contributed by atoms with Gasteiger partial charge in [0.25, 0.3) is 0 Å². The number of carbonyl (C=O) groups excluding carboxylic acids is 1. The predicted octanol–water partition coefficient (Wildman–Crippen LogP) is 2.71. The Kier molecular flexibility index (Phi) is 4.54. The topological polar surface area (TPSA) is 58.1 Å². The highest BCUT2D eigenvalue weighted by atomic mass is 33.1. The molecule has 2 aliphatic rings. The van der Waals surface area contributed by atoms with Gasteiger partial charge in [0.05, 0.1) is 16.5 Å². The van der Waals surface area contributed by atoms with Crippen molar-refractivity contribution < 1.29 is 4.79 Å². The molecule has 1 aromatic heterocycles. The van der Waals surface area contributed by atoms with Crippen LogP contribution in [-0.2, 0) is 9.54 Å². The highest BCUT2D eigenvalue weighted by Crippen LogP contribution is 2.37. The standard InChI is InChI=1S/C15H22N4OS2/c1-15(2,22-21)12-6-13(17-9-16-12)18-11-7-19(8-11)14(20)10-4-3-5-10/h6,9-11,21H,3-5,7-8H2,1-2H3,(H,16,17,18). The molecular weight excluding hydrogens is 316 g/mol. The molecule has 1 amide bonds. The van der Waals surface area contributed by atoms with Crippen molar-refractivity contribution in [3.63, 3.8) is 0 Å². The third-order valence-electron chi connectivity index (χ3n) is 4.51. The monoisotopic (exact) mass is 338 g/mol. The summed E-state index contributed by atoms with van der Waals surface area (Å²) in [6.45, 7) is 5.72. The molecule has 0 radical (unpaired) electrons. The number of aromatic nitrogens is 2. The Labute approximate surface area is 140 Å². The van der Waals surface area contributed by atoms with E-state index in [1.165, 1.54) is 17.2 Å². The fourth-order valence-electron chi connectivity index (χ4n) is 2.68. The van der Waals surface area contributed by atoms with Crippen LogP contribution in [0.25, 0.3) is 0 Å². The lowest BCUT2D eigenvalue weighted by atomic mass is 9.83. The second kappa shape index (κ2) is 6.28. The van der Waals surface area contributed by atoms with Crippen LogP contribution in [0.3, 0.4) is 0 Å². The molecule has 0 aromatic carbocycles. The van der Waals surface area contributed by atoms with Crippen molar-refractivity contribution in [3.8, 4) is 0 Å². The minimum atomic E-state index is -0.158. The van der Waals surface area contributed by atoms with Gasteiger partial charge >= 0.3 is 0 Å². The maximum atomic E-state index is 12.1. The van der Waals surface area contributed by atoms with Gasteiger partial charge in [-0.15, -0.1) is 11.7 Å². The molecule has 120 valence electrons. The summed E-state index contributed by atoms with van der Waals surface area (Å²) in [6.07, 6.45) is 4.92. The summed E-state index contributed by atoms with van der Waals surface area (Å²) in [5.74, 6) is 1.45. The largest absolute Gasteiger partial charge is 0.364 e. The van der Waals surface area contributed by atoms with Crippen molar-refractivity contribution in [1.82, 2.24) is 14.9 Å². The molecule has 0 bridgehead atoms. The SMILES string of the molecule is CC(C)(SS)c1cc(NC2CN(C(=O)C3CCC3)C2)ncn1. The Bertz CT molecular complexity index is 556. The minimum Gasteiger partial charge on any atom is -0.364 e. The molecule has 5 nitrogen and oxygen atoms in total. The Morgan fingerprint density at radius 3 is 2.73 bits per heavy atom. The molecule has 0 atom stereocenters. The van der Waals surface area contributed by atoms with Crippen LogP contribution in [0.4, 0.5) is 5.82 Å². The number of amides is 1. The van der Waals surface area contributed by atoms with Crippen LogP contribution >= 0.6 is 22.5 Å². The van der Waals surface area contributed by atoms with E-state index in [-0.39, 0.29) is 4.75 Å². The van der Waals surface area contributed by atoms with Gasteiger partial charge < -0.3 is 10.2 Å². The van der Waals surface area contributed by atoms with Crippen molar-refractivity contribution >= 4 is 34.2 Å². The normalized spacial score (nSPS) is 19.5. The highest BCUT2D eigenvalue weighted by Gasteiger charge is 2.36. The molecule has 0 unspecified atom stereocenters. The van der Waals surface area contributed by atoms with Crippen molar-refractivity contribution in [2.45, 2.75) is 43.9 Å². The van der Waals surface area contributed by atoms with Gasteiger partial charge in [-0.1, -0.05) is 17.2 Å². The van der Waals surface area contributed by atoms with Crippen LogP contribution in [0.2, 0.25) is 0 Å². The zero-order valence-electron chi connectivity index (χ0n) is 13.0. The smallest absolute Gasteiger partial charge is 0.225 e. The van der Waals surface area contributed by atoms with Crippen LogP contribution in [-0.4, -0.2) is 39.9 Å². The van der Waals surface area contributed by atoms with Crippen LogP contribution < -0.4 is 5.32 Å². The van der Waals surface area contributed by atoms with Gasteiger partial charge in [0, 0.05) is 25.1 Å². The highest BCUT2D eigenvalue weighted by molar-refractivity contribution is 8.68. The number of carbonyl (C=O) groups is 1. The molecule has 1 N–H and O–H groups in total. The van der Waals surface area contributed by atoms with Crippen LogP contribution in [0.15, 0.2) is 12.4 Å². The fraction of sp³-hybridized carbons (Fsp3) is 0.667. The number of rotatable bonds is 5. The average Bonchev–Trinajstić information content (AvgIpc) is 2.40. The number of nitrogens with one attached hydrogen (secondary N) is 1. The molecule has 1 aliphatic heterocycles. The van der Waals surface area contributed by atoms with E-state index in [9.17, 15) is 4.79 Å². The molecule has 0 spiro atoms. The third kappa shape index (κ3) is 3.20. The molecule has 22 heavy (non-hydrogen) atoms. The molecule has 7 heteroatoms. The van der Waals surface area contributed by atoms with Gasteiger partial charge in [0.15, 0.2) is 0 Å². The first-order chi connectivity index (χ1) is 10.5. The number of anilines is 1. The van der Waals surface area contributed by atoms with Crippen molar-refractivity contribution in [3.05, 3.63) is 18.1 Å². The summed E-state index contributed by atoms with van der Waals surface area (Å²) in [5.41, 5.74) is 0.951. The first kappa shape index (κ1) is 15.9. The lowest BCUT2D eigenvalue weighted by Crippen LogP contribution is -2.59. The Morgan fingerprint density at radius 1 is 1.41 bits per heavy atom. The summed E-state index contributed by atoms with van der Waals surface area (Å²) in [7, 11) is 1.47. The number of thiol groups is 1. The Morgan fingerprint density at radius 2 is 2.14 bits per heavy atom. The molecule has 1 saturated heterocycles. The zero-order chi connectivity index (χ0) is 15.7. The van der Waals surface area contributed by atoms with Crippen LogP contribution in [0.5, 0.6) is 0 Å². The number of hydrogen-bond donors (Lipinski definition) is 2. The van der Waals surface area contributed by atoms with Gasteiger partial charge in [-0.2, -0.15) is 0 Å². The number of likely N-dealkylation sites (tertiary alicyclic amines) is 1. The van der Waals surface area contributed by atoms with E-state index in [2.05, 4.69) is 40.8 Å². The van der Waals surface area contributed by atoms with Crippen molar-refractivity contribution in [2.75, 3.05) is 18.4 Å². The second-order valence-electron chi connectivity index (χ2n) is 6.60. The minimum absolute atomic E-state index is 0.158. The predicted molar refractivity (Wildman–Crippen MR) is 93.0 cm³/mol. The molecule has 1 aromatic rings. The maximum absolute atomic E-state index is 12.1. The van der Waals surface area contributed by atoms with E-state index in [4.69, 9.17) is 0 Å². The molecule has 2 heterocycles. The summed E-state index contributed by atoms with van der Waals surface area (Å²) in [6, 6.07) is 2.26.